The Kier molecular flexibility index (Phi) is 4.92. The maximum atomic E-state index is 13.0. The van der Waals surface area contributed by atoms with E-state index < -0.39 is 18.5 Å². The SMILES string of the molecule is Cc1cc(C)nc(N2CC3CC2CN(C(=O)c2cccnc2CC(F)(F)F)C3)n1. The molecule has 2 atom stereocenters. The van der Waals surface area contributed by atoms with E-state index in [2.05, 4.69) is 19.9 Å². The molecular formula is C20H22F3N5O. The van der Waals surface area contributed by atoms with E-state index in [1.165, 1.54) is 18.3 Å². The minimum atomic E-state index is -4.42. The standard InChI is InChI=1S/C20H22F3N5O/c1-12-6-13(2)26-19(25-12)28-10-14-7-15(28)11-27(9-14)18(29)16-4-3-5-24-17(16)8-20(21,22)23/h3-6,14-15H,7-11H2,1-2H3. The summed E-state index contributed by atoms with van der Waals surface area (Å²) in [5, 5.41) is 0. The van der Waals surface area contributed by atoms with Crippen LogP contribution >= 0.6 is 0 Å². The van der Waals surface area contributed by atoms with Crippen molar-refractivity contribution in [1.29, 1.82) is 0 Å². The van der Waals surface area contributed by atoms with Gasteiger partial charge in [0.1, 0.15) is 0 Å². The number of pyridine rings is 1. The van der Waals surface area contributed by atoms with E-state index >= 15 is 0 Å². The van der Waals surface area contributed by atoms with Crippen molar-refractivity contribution in [2.24, 2.45) is 5.92 Å². The maximum Gasteiger partial charge on any atom is 0.394 e. The average Bonchev–Trinajstić information content (AvgIpc) is 2.93. The van der Waals surface area contributed by atoms with Gasteiger partial charge < -0.3 is 9.80 Å². The lowest BCUT2D eigenvalue weighted by Gasteiger charge is -2.33. The molecule has 4 rings (SSSR count). The highest BCUT2D eigenvalue weighted by atomic mass is 19.4. The van der Waals surface area contributed by atoms with E-state index in [0.717, 1.165) is 24.4 Å². The number of rotatable bonds is 3. The molecular weight excluding hydrogens is 383 g/mol. The molecule has 0 N–H and O–H groups in total. The molecule has 9 heteroatoms. The highest BCUT2D eigenvalue weighted by Crippen LogP contribution is 2.33. The largest absolute Gasteiger partial charge is 0.394 e. The fraction of sp³-hybridized carbons (Fsp3) is 0.500. The summed E-state index contributed by atoms with van der Waals surface area (Å²) >= 11 is 0. The number of piperidine rings is 1. The molecule has 0 aromatic carbocycles. The normalized spacial score (nSPS) is 21.6. The number of carbonyl (C=O) groups excluding carboxylic acids is 1. The number of alkyl halides is 3. The summed E-state index contributed by atoms with van der Waals surface area (Å²) in [6.45, 7) is 5.52. The molecule has 1 amide bonds. The number of aromatic nitrogens is 3. The molecule has 29 heavy (non-hydrogen) atoms. The van der Waals surface area contributed by atoms with Crippen LogP contribution in [-0.4, -0.2) is 57.6 Å². The van der Waals surface area contributed by atoms with E-state index in [1.54, 1.807) is 4.90 Å². The predicted octanol–water partition coefficient (Wildman–Crippen LogP) is 2.94. The summed E-state index contributed by atoms with van der Waals surface area (Å²) < 4.78 is 38.6. The van der Waals surface area contributed by atoms with Crippen molar-refractivity contribution in [3.05, 3.63) is 47.0 Å². The van der Waals surface area contributed by atoms with Gasteiger partial charge in [-0.25, -0.2) is 9.97 Å². The van der Waals surface area contributed by atoms with Crippen molar-refractivity contribution < 1.29 is 18.0 Å². The molecule has 4 heterocycles. The third kappa shape index (κ3) is 4.18. The van der Waals surface area contributed by atoms with Crippen LogP contribution in [0.25, 0.3) is 0 Å². The summed E-state index contributed by atoms with van der Waals surface area (Å²) in [5.41, 5.74) is 1.57. The number of halogens is 3. The van der Waals surface area contributed by atoms with E-state index in [4.69, 9.17) is 0 Å². The van der Waals surface area contributed by atoms with Crippen molar-refractivity contribution in [3.63, 3.8) is 0 Å². The van der Waals surface area contributed by atoms with Gasteiger partial charge in [-0.3, -0.25) is 9.78 Å². The first-order valence-electron chi connectivity index (χ1n) is 9.58. The van der Waals surface area contributed by atoms with Gasteiger partial charge in [0, 0.05) is 43.3 Å². The lowest BCUT2D eigenvalue weighted by atomic mass is 9.98. The monoisotopic (exact) mass is 405 g/mol. The average molecular weight is 405 g/mol. The highest BCUT2D eigenvalue weighted by Gasteiger charge is 2.42. The van der Waals surface area contributed by atoms with E-state index in [-0.39, 0.29) is 23.2 Å². The number of fused-ring (bicyclic) bond motifs is 2. The highest BCUT2D eigenvalue weighted by molar-refractivity contribution is 5.95. The number of nitrogens with zero attached hydrogens (tertiary/aromatic N) is 5. The van der Waals surface area contributed by atoms with Gasteiger partial charge >= 0.3 is 6.18 Å². The third-order valence-corrected chi connectivity index (χ3v) is 5.41. The Labute approximate surface area is 166 Å². The van der Waals surface area contributed by atoms with Crippen LogP contribution in [0.2, 0.25) is 0 Å². The lowest BCUT2D eigenvalue weighted by molar-refractivity contribution is -0.127. The molecule has 2 saturated heterocycles. The maximum absolute atomic E-state index is 13.0. The lowest BCUT2D eigenvalue weighted by Crippen LogP contribution is -2.46. The van der Waals surface area contributed by atoms with Gasteiger partial charge in [0.25, 0.3) is 5.91 Å². The molecule has 0 radical (unpaired) electrons. The molecule has 2 fully saturated rings. The van der Waals surface area contributed by atoms with E-state index in [0.29, 0.717) is 19.0 Å². The number of hydrogen-bond donors (Lipinski definition) is 0. The molecule has 2 aromatic rings. The summed E-state index contributed by atoms with van der Waals surface area (Å²) in [6.07, 6.45) is -3.42. The summed E-state index contributed by atoms with van der Waals surface area (Å²) in [7, 11) is 0. The molecule has 6 nitrogen and oxygen atoms in total. The zero-order valence-corrected chi connectivity index (χ0v) is 16.3. The molecule has 2 aliphatic rings. The number of likely N-dealkylation sites (tertiary alicyclic amines) is 1. The molecule has 2 bridgehead atoms. The first-order valence-corrected chi connectivity index (χ1v) is 9.58. The molecule has 0 spiro atoms. The topological polar surface area (TPSA) is 62.2 Å². The Balaban J connectivity index is 1.55. The first kappa shape index (κ1) is 19.6. The smallest absolute Gasteiger partial charge is 0.336 e. The number of aryl methyl sites for hydroxylation is 2. The number of hydrogen-bond acceptors (Lipinski definition) is 5. The summed E-state index contributed by atoms with van der Waals surface area (Å²) in [4.78, 5) is 29.7. The number of carbonyl (C=O) groups is 1. The fourth-order valence-electron chi connectivity index (χ4n) is 4.34. The van der Waals surface area contributed by atoms with Gasteiger partial charge in [-0.15, -0.1) is 0 Å². The van der Waals surface area contributed by atoms with Crippen LogP contribution in [0.5, 0.6) is 0 Å². The van der Waals surface area contributed by atoms with Crippen LogP contribution < -0.4 is 4.90 Å². The zero-order chi connectivity index (χ0) is 20.8. The third-order valence-electron chi connectivity index (χ3n) is 5.41. The quantitative estimate of drug-likeness (QED) is 0.786. The van der Waals surface area contributed by atoms with Gasteiger partial charge in [0.2, 0.25) is 5.95 Å². The second-order valence-electron chi connectivity index (χ2n) is 7.86. The summed E-state index contributed by atoms with van der Waals surface area (Å²) in [6, 6.07) is 4.90. The molecule has 0 aliphatic carbocycles. The Morgan fingerprint density at radius 2 is 1.90 bits per heavy atom. The van der Waals surface area contributed by atoms with Crippen LogP contribution in [-0.2, 0) is 6.42 Å². The zero-order valence-electron chi connectivity index (χ0n) is 16.3. The van der Waals surface area contributed by atoms with Gasteiger partial charge in [0.15, 0.2) is 0 Å². The van der Waals surface area contributed by atoms with Gasteiger partial charge in [0.05, 0.1) is 17.7 Å². The number of amides is 1. The Morgan fingerprint density at radius 3 is 2.59 bits per heavy atom. The molecule has 0 saturated carbocycles. The van der Waals surface area contributed by atoms with Gasteiger partial charge in [-0.2, -0.15) is 13.2 Å². The fourth-order valence-corrected chi connectivity index (χ4v) is 4.34. The van der Waals surface area contributed by atoms with Crippen molar-refractivity contribution in [2.75, 3.05) is 24.5 Å². The van der Waals surface area contributed by atoms with Crippen LogP contribution in [0.4, 0.5) is 19.1 Å². The van der Waals surface area contributed by atoms with Crippen LogP contribution in [0.3, 0.4) is 0 Å². The predicted molar refractivity (Wildman–Crippen MR) is 101 cm³/mol. The second kappa shape index (κ2) is 7.27. The van der Waals surface area contributed by atoms with Crippen molar-refractivity contribution in [3.8, 4) is 0 Å². The van der Waals surface area contributed by atoms with Crippen molar-refractivity contribution >= 4 is 11.9 Å². The van der Waals surface area contributed by atoms with E-state index in [1.807, 2.05) is 19.9 Å². The Morgan fingerprint density at radius 1 is 1.17 bits per heavy atom. The Bertz CT molecular complexity index is 912. The number of anilines is 1. The van der Waals surface area contributed by atoms with Gasteiger partial charge in [-0.1, -0.05) is 0 Å². The van der Waals surface area contributed by atoms with Crippen molar-refractivity contribution in [1.82, 2.24) is 19.9 Å². The minimum Gasteiger partial charge on any atom is -0.336 e. The van der Waals surface area contributed by atoms with Crippen LogP contribution in [0, 0.1) is 19.8 Å². The summed E-state index contributed by atoms with van der Waals surface area (Å²) in [5.74, 6) is 0.503. The second-order valence-corrected chi connectivity index (χ2v) is 7.86. The van der Waals surface area contributed by atoms with E-state index in [9.17, 15) is 18.0 Å². The molecule has 2 aromatic heterocycles. The molecule has 2 unspecified atom stereocenters. The molecule has 154 valence electrons. The van der Waals surface area contributed by atoms with Crippen LogP contribution in [0.1, 0.15) is 33.9 Å². The Hall–Kier alpha value is -2.71. The van der Waals surface area contributed by atoms with Crippen molar-refractivity contribution in [2.45, 2.75) is 38.9 Å². The minimum absolute atomic E-state index is 0.0281. The van der Waals surface area contributed by atoms with Crippen LogP contribution in [0.15, 0.2) is 24.4 Å². The molecule has 2 aliphatic heterocycles. The first-order chi connectivity index (χ1) is 13.7. The van der Waals surface area contributed by atoms with Gasteiger partial charge in [-0.05, 0) is 44.4 Å².